The van der Waals surface area contributed by atoms with Gasteiger partial charge in [0.1, 0.15) is 6.33 Å². The molecule has 0 saturated heterocycles. The fourth-order valence-corrected chi connectivity index (χ4v) is 2.65. The Morgan fingerprint density at radius 2 is 2.08 bits per heavy atom. The molecule has 0 bridgehead atoms. The van der Waals surface area contributed by atoms with E-state index in [-0.39, 0.29) is 5.91 Å². The van der Waals surface area contributed by atoms with Crippen LogP contribution in [0.4, 0.5) is 5.95 Å². The van der Waals surface area contributed by atoms with Gasteiger partial charge < -0.3 is 0 Å². The molecule has 3 aromatic rings. The van der Waals surface area contributed by atoms with Gasteiger partial charge in [0.05, 0.1) is 22.9 Å². The lowest BCUT2D eigenvalue weighted by Crippen LogP contribution is -2.16. The molecule has 3 rings (SSSR count). The summed E-state index contributed by atoms with van der Waals surface area (Å²) in [5.74, 6) is 0.195. The van der Waals surface area contributed by atoms with Crippen molar-refractivity contribution in [2.45, 2.75) is 26.4 Å². The molecule has 0 aliphatic heterocycles. The van der Waals surface area contributed by atoms with E-state index in [0.29, 0.717) is 25.5 Å². The van der Waals surface area contributed by atoms with Crippen LogP contribution in [-0.4, -0.2) is 30.5 Å². The lowest BCUT2D eigenvalue weighted by atomic mass is 10.2. The minimum Gasteiger partial charge on any atom is -0.293 e. The van der Waals surface area contributed by atoms with Crippen molar-refractivity contribution in [2.75, 3.05) is 5.32 Å². The summed E-state index contributed by atoms with van der Waals surface area (Å²) in [7, 11) is 0. The van der Waals surface area contributed by atoms with Crippen molar-refractivity contribution in [3.63, 3.8) is 0 Å². The molecule has 7 nitrogen and oxygen atoms in total. The van der Waals surface area contributed by atoms with Crippen molar-refractivity contribution in [1.82, 2.24) is 24.5 Å². The van der Waals surface area contributed by atoms with Crippen LogP contribution in [0.3, 0.4) is 0 Å². The zero-order valence-corrected chi connectivity index (χ0v) is 15.3. The van der Waals surface area contributed by atoms with Gasteiger partial charge >= 0.3 is 0 Å². The fraction of sp³-hybridized carbons (Fsp3) is 0.250. The van der Waals surface area contributed by atoms with Gasteiger partial charge in [0, 0.05) is 12.1 Å². The normalized spacial score (nSPS) is 10.8. The van der Waals surface area contributed by atoms with E-state index in [2.05, 4.69) is 43.1 Å². The molecule has 0 saturated carbocycles. The average Bonchev–Trinajstić information content (AvgIpc) is 3.14. The van der Waals surface area contributed by atoms with Crippen LogP contribution in [0.1, 0.15) is 17.7 Å². The van der Waals surface area contributed by atoms with E-state index in [0.717, 1.165) is 14.8 Å². The predicted octanol–water partition coefficient (Wildman–Crippen LogP) is 2.46. The number of aryl methyl sites for hydroxylation is 1. The number of nitrogens with zero attached hydrogens (tertiary/aromatic N) is 5. The van der Waals surface area contributed by atoms with Crippen molar-refractivity contribution >= 4 is 34.4 Å². The maximum Gasteiger partial charge on any atom is 0.248 e. The fourth-order valence-electron chi connectivity index (χ4n) is 2.24. The zero-order chi connectivity index (χ0) is 16.9. The second-order valence-electron chi connectivity index (χ2n) is 5.35. The van der Waals surface area contributed by atoms with Crippen LogP contribution in [0, 0.1) is 10.5 Å². The average molecular weight is 436 g/mol. The summed E-state index contributed by atoms with van der Waals surface area (Å²) in [6, 6.07) is 9.97. The number of rotatable bonds is 6. The number of amides is 1. The first-order valence-corrected chi connectivity index (χ1v) is 8.61. The van der Waals surface area contributed by atoms with E-state index in [1.807, 2.05) is 41.9 Å². The largest absolute Gasteiger partial charge is 0.293 e. The van der Waals surface area contributed by atoms with Gasteiger partial charge in [0.15, 0.2) is 0 Å². The first kappa shape index (κ1) is 16.6. The molecule has 0 aliphatic carbocycles. The lowest BCUT2D eigenvalue weighted by molar-refractivity contribution is -0.116. The van der Waals surface area contributed by atoms with Gasteiger partial charge in [-0.15, -0.1) is 5.10 Å². The Morgan fingerprint density at radius 3 is 2.79 bits per heavy atom. The summed E-state index contributed by atoms with van der Waals surface area (Å²) in [4.78, 5) is 16.2. The molecule has 8 heteroatoms. The van der Waals surface area contributed by atoms with Gasteiger partial charge in [-0.05, 0) is 35.1 Å². The van der Waals surface area contributed by atoms with Crippen LogP contribution in [0.15, 0.2) is 42.9 Å². The highest BCUT2D eigenvalue weighted by Crippen LogP contribution is 2.10. The van der Waals surface area contributed by atoms with Gasteiger partial charge in [-0.1, -0.05) is 30.3 Å². The van der Waals surface area contributed by atoms with E-state index in [9.17, 15) is 4.79 Å². The molecule has 0 atom stereocenters. The molecule has 0 aliphatic rings. The highest BCUT2D eigenvalue weighted by Gasteiger charge is 2.09. The maximum atomic E-state index is 12.0. The molecule has 0 unspecified atom stereocenters. The molecule has 1 N–H and O–H groups in total. The Hall–Kier alpha value is -2.23. The van der Waals surface area contributed by atoms with E-state index < -0.39 is 0 Å². The first-order valence-electron chi connectivity index (χ1n) is 7.53. The van der Waals surface area contributed by atoms with Crippen molar-refractivity contribution in [2.24, 2.45) is 0 Å². The van der Waals surface area contributed by atoms with Crippen LogP contribution in [0.25, 0.3) is 0 Å². The standard InChI is InChI=1S/C16H17IN6O/c1-12-14(17)9-19-23(12)8-7-15(24)20-16-18-11-22(21-16)10-13-5-3-2-4-6-13/h2-6,9,11H,7-8,10H2,1H3,(H,20,21,24). The number of halogens is 1. The minimum atomic E-state index is -0.127. The molecular weight excluding hydrogens is 419 g/mol. The number of aromatic nitrogens is 5. The summed E-state index contributed by atoms with van der Waals surface area (Å²) >= 11 is 2.23. The molecule has 2 heterocycles. The van der Waals surface area contributed by atoms with Crippen LogP contribution in [0.5, 0.6) is 0 Å². The Balaban J connectivity index is 1.52. The Bertz CT molecular complexity index is 826. The quantitative estimate of drug-likeness (QED) is 0.603. The third-order valence-electron chi connectivity index (χ3n) is 3.57. The molecule has 124 valence electrons. The van der Waals surface area contributed by atoms with Gasteiger partial charge in [0.25, 0.3) is 0 Å². The molecule has 0 fully saturated rings. The van der Waals surface area contributed by atoms with Gasteiger partial charge in [-0.25, -0.2) is 9.67 Å². The molecular formula is C16H17IN6O. The Morgan fingerprint density at radius 1 is 1.29 bits per heavy atom. The predicted molar refractivity (Wildman–Crippen MR) is 98.5 cm³/mol. The zero-order valence-electron chi connectivity index (χ0n) is 13.2. The number of carbonyl (C=O) groups excluding carboxylic acids is 1. The monoisotopic (exact) mass is 436 g/mol. The number of hydrogen-bond donors (Lipinski definition) is 1. The SMILES string of the molecule is Cc1c(I)cnn1CCC(=O)Nc1ncn(Cc2ccccc2)n1. The highest BCUT2D eigenvalue weighted by molar-refractivity contribution is 14.1. The first-order chi connectivity index (χ1) is 11.6. The number of hydrogen-bond acceptors (Lipinski definition) is 4. The Kier molecular flexibility index (Phi) is 5.24. The van der Waals surface area contributed by atoms with Crippen LogP contribution in [-0.2, 0) is 17.9 Å². The summed E-state index contributed by atoms with van der Waals surface area (Å²) in [5.41, 5.74) is 2.19. The minimum absolute atomic E-state index is 0.127. The van der Waals surface area contributed by atoms with Crippen molar-refractivity contribution in [3.05, 3.63) is 57.7 Å². The Labute approximate surface area is 153 Å². The molecule has 24 heavy (non-hydrogen) atoms. The third-order valence-corrected chi connectivity index (χ3v) is 4.63. The smallest absolute Gasteiger partial charge is 0.248 e. The number of nitrogens with one attached hydrogen (secondary N) is 1. The summed E-state index contributed by atoms with van der Waals surface area (Å²) in [5, 5.41) is 11.2. The number of benzene rings is 1. The lowest BCUT2D eigenvalue weighted by Gasteiger charge is -2.04. The van der Waals surface area contributed by atoms with E-state index in [1.54, 1.807) is 17.2 Å². The molecule has 1 amide bonds. The second-order valence-corrected chi connectivity index (χ2v) is 6.51. The van der Waals surface area contributed by atoms with Crippen LogP contribution < -0.4 is 5.32 Å². The van der Waals surface area contributed by atoms with Crippen molar-refractivity contribution in [1.29, 1.82) is 0 Å². The van der Waals surface area contributed by atoms with Crippen LogP contribution >= 0.6 is 22.6 Å². The van der Waals surface area contributed by atoms with Crippen molar-refractivity contribution in [3.8, 4) is 0 Å². The van der Waals surface area contributed by atoms with Crippen molar-refractivity contribution < 1.29 is 4.79 Å². The number of anilines is 1. The van der Waals surface area contributed by atoms with E-state index in [1.165, 1.54) is 0 Å². The van der Waals surface area contributed by atoms with Crippen LogP contribution in [0.2, 0.25) is 0 Å². The van der Waals surface area contributed by atoms with E-state index >= 15 is 0 Å². The topological polar surface area (TPSA) is 77.6 Å². The van der Waals surface area contributed by atoms with Gasteiger partial charge in [-0.2, -0.15) is 5.10 Å². The van der Waals surface area contributed by atoms with Gasteiger partial charge in [-0.3, -0.25) is 14.8 Å². The molecule has 1 aromatic carbocycles. The molecule has 0 radical (unpaired) electrons. The van der Waals surface area contributed by atoms with Gasteiger partial charge in [0.2, 0.25) is 11.9 Å². The highest BCUT2D eigenvalue weighted by atomic mass is 127. The summed E-state index contributed by atoms with van der Waals surface area (Å²) in [6.45, 7) is 3.14. The second kappa shape index (κ2) is 7.56. The summed E-state index contributed by atoms with van der Waals surface area (Å²) < 4.78 is 4.61. The maximum absolute atomic E-state index is 12.0. The summed E-state index contributed by atoms with van der Waals surface area (Å²) in [6.07, 6.45) is 3.73. The number of carbonyl (C=O) groups is 1. The van der Waals surface area contributed by atoms with E-state index in [4.69, 9.17) is 0 Å². The third kappa shape index (κ3) is 4.19. The molecule has 2 aromatic heterocycles. The molecule has 0 spiro atoms.